The van der Waals surface area contributed by atoms with Crippen LogP contribution in [0.2, 0.25) is 0 Å². The number of hydrogen-bond donors (Lipinski definition) is 2. The van der Waals surface area contributed by atoms with Crippen LogP contribution in [0.5, 0.6) is 0 Å². The Bertz CT molecular complexity index is 376. The maximum absolute atomic E-state index is 13.2. The van der Waals surface area contributed by atoms with E-state index in [0.29, 0.717) is 12.6 Å². The summed E-state index contributed by atoms with van der Waals surface area (Å²) in [5.41, 5.74) is 0.00704. The van der Waals surface area contributed by atoms with Gasteiger partial charge in [-0.25, -0.2) is 13.2 Å². The molecule has 1 saturated heterocycles. The first kappa shape index (κ1) is 11.3. The van der Waals surface area contributed by atoms with Gasteiger partial charge in [-0.15, -0.1) is 0 Å². The van der Waals surface area contributed by atoms with Crippen LogP contribution >= 0.6 is 0 Å². The van der Waals surface area contributed by atoms with Gasteiger partial charge in [0.15, 0.2) is 11.6 Å². The van der Waals surface area contributed by atoms with Crippen LogP contribution in [0.4, 0.5) is 18.9 Å². The first-order chi connectivity index (χ1) is 7.66. The van der Waals surface area contributed by atoms with Crippen LogP contribution < -0.4 is 10.6 Å². The average molecular weight is 230 g/mol. The molecule has 0 amide bonds. The van der Waals surface area contributed by atoms with Gasteiger partial charge in [-0.3, -0.25) is 0 Å². The van der Waals surface area contributed by atoms with E-state index in [2.05, 4.69) is 10.6 Å². The van der Waals surface area contributed by atoms with Crippen LogP contribution in [0.3, 0.4) is 0 Å². The minimum absolute atomic E-state index is 0.00704. The first-order valence-electron chi connectivity index (χ1n) is 5.28. The van der Waals surface area contributed by atoms with Crippen molar-refractivity contribution in [2.45, 2.75) is 18.9 Å². The van der Waals surface area contributed by atoms with E-state index >= 15 is 0 Å². The van der Waals surface area contributed by atoms with Crippen molar-refractivity contribution in [3.05, 3.63) is 29.6 Å². The van der Waals surface area contributed by atoms with Gasteiger partial charge in [0.1, 0.15) is 5.82 Å². The Morgan fingerprint density at radius 3 is 2.62 bits per heavy atom. The minimum atomic E-state index is -1.16. The third-order valence-electron chi connectivity index (χ3n) is 2.71. The molecule has 88 valence electrons. The third-order valence-corrected chi connectivity index (χ3v) is 2.71. The molecule has 1 unspecified atom stereocenters. The lowest BCUT2D eigenvalue weighted by Crippen LogP contribution is -2.29. The van der Waals surface area contributed by atoms with Crippen LogP contribution in [-0.4, -0.2) is 19.1 Å². The standard InChI is InChI=1S/C11H13F3N2/c12-8-4-10(14)11(5-9(8)13)16-6-7-2-1-3-15-7/h4-5,7,15-16H,1-3,6H2. The van der Waals surface area contributed by atoms with E-state index in [1.165, 1.54) is 0 Å². The van der Waals surface area contributed by atoms with Crippen molar-refractivity contribution in [1.82, 2.24) is 5.32 Å². The Hall–Kier alpha value is -1.23. The Morgan fingerprint density at radius 1 is 1.19 bits per heavy atom. The summed E-state index contributed by atoms with van der Waals surface area (Å²) in [5.74, 6) is -2.97. The molecule has 1 fully saturated rings. The average Bonchev–Trinajstić information content (AvgIpc) is 2.74. The predicted octanol–water partition coefficient (Wildman–Crippen LogP) is 2.27. The van der Waals surface area contributed by atoms with Crippen LogP contribution in [0.1, 0.15) is 12.8 Å². The highest BCUT2D eigenvalue weighted by Gasteiger charge is 2.15. The largest absolute Gasteiger partial charge is 0.381 e. The summed E-state index contributed by atoms with van der Waals surface area (Å²) >= 11 is 0. The van der Waals surface area contributed by atoms with Crippen molar-refractivity contribution in [3.8, 4) is 0 Å². The van der Waals surface area contributed by atoms with Crippen molar-refractivity contribution >= 4 is 5.69 Å². The van der Waals surface area contributed by atoms with Crippen LogP contribution in [0.25, 0.3) is 0 Å². The molecule has 0 spiro atoms. The highest BCUT2D eigenvalue weighted by Crippen LogP contribution is 2.18. The number of benzene rings is 1. The van der Waals surface area contributed by atoms with E-state index in [4.69, 9.17) is 0 Å². The maximum atomic E-state index is 13.2. The molecular weight excluding hydrogens is 217 g/mol. The summed E-state index contributed by atoms with van der Waals surface area (Å²) in [6, 6.07) is 1.67. The Balaban J connectivity index is 2.00. The molecule has 0 bridgehead atoms. The molecule has 0 radical (unpaired) electrons. The fourth-order valence-electron chi connectivity index (χ4n) is 1.82. The summed E-state index contributed by atoms with van der Waals surface area (Å²) in [5, 5.41) is 6.00. The molecule has 1 aliphatic rings. The summed E-state index contributed by atoms with van der Waals surface area (Å²) in [6.45, 7) is 1.47. The second-order valence-electron chi connectivity index (χ2n) is 3.92. The highest BCUT2D eigenvalue weighted by molar-refractivity contribution is 5.45. The highest BCUT2D eigenvalue weighted by atomic mass is 19.2. The SMILES string of the molecule is Fc1cc(F)c(NCC2CCCN2)cc1F. The van der Waals surface area contributed by atoms with E-state index < -0.39 is 17.5 Å². The van der Waals surface area contributed by atoms with Gasteiger partial charge in [0.05, 0.1) is 5.69 Å². The normalized spacial score (nSPS) is 20.1. The monoisotopic (exact) mass is 230 g/mol. The summed E-state index contributed by atoms with van der Waals surface area (Å²) in [4.78, 5) is 0. The topological polar surface area (TPSA) is 24.1 Å². The van der Waals surface area contributed by atoms with Gasteiger partial charge in [-0.05, 0) is 19.4 Å². The van der Waals surface area contributed by atoms with Crippen molar-refractivity contribution in [3.63, 3.8) is 0 Å². The van der Waals surface area contributed by atoms with Gasteiger partial charge < -0.3 is 10.6 Å². The van der Waals surface area contributed by atoms with Crippen molar-refractivity contribution in [2.24, 2.45) is 0 Å². The smallest absolute Gasteiger partial charge is 0.161 e. The molecule has 0 aromatic heterocycles. The van der Waals surface area contributed by atoms with E-state index in [1.54, 1.807) is 0 Å². The molecule has 0 aliphatic carbocycles. The number of anilines is 1. The fraction of sp³-hybridized carbons (Fsp3) is 0.455. The Labute approximate surface area is 91.8 Å². The lowest BCUT2D eigenvalue weighted by Gasteiger charge is -2.13. The lowest BCUT2D eigenvalue weighted by molar-refractivity contribution is 0.495. The zero-order valence-corrected chi connectivity index (χ0v) is 8.69. The van der Waals surface area contributed by atoms with Crippen molar-refractivity contribution in [1.29, 1.82) is 0 Å². The lowest BCUT2D eigenvalue weighted by atomic mass is 10.2. The van der Waals surface area contributed by atoms with Gasteiger partial charge in [-0.2, -0.15) is 0 Å². The Kier molecular flexibility index (Phi) is 3.33. The molecule has 1 aliphatic heterocycles. The molecule has 1 atom stereocenters. The summed E-state index contributed by atoms with van der Waals surface area (Å²) in [7, 11) is 0. The van der Waals surface area contributed by atoms with E-state index in [9.17, 15) is 13.2 Å². The second kappa shape index (κ2) is 4.74. The molecule has 2 nitrogen and oxygen atoms in total. The van der Waals surface area contributed by atoms with Gasteiger partial charge in [0, 0.05) is 24.7 Å². The molecule has 1 aromatic carbocycles. The molecular formula is C11H13F3N2. The number of nitrogens with one attached hydrogen (secondary N) is 2. The molecule has 2 rings (SSSR count). The number of rotatable bonds is 3. The predicted molar refractivity (Wildman–Crippen MR) is 55.8 cm³/mol. The van der Waals surface area contributed by atoms with E-state index in [1.807, 2.05) is 0 Å². The number of halogens is 3. The van der Waals surface area contributed by atoms with E-state index in [-0.39, 0.29) is 11.7 Å². The van der Waals surface area contributed by atoms with Gasteiger partial charge in [0.2, 0.25) is 0 Å². The summed E-state index contributed by atoms with van der Waals surface area (Å²) in [6.07, 6.45) is 2.10. The van der Waals surface area contributed by atoms with Crippen molar-refractivity contribution < 1.29 is 13.2 Å². The molecule has 0 saturated carbocycles. The maximum Gasteiger partial charge on any atom is 0.161 e. The third kappa shape index (κ3) is 2.47. The zero-order chi connectivity index (χ0) is 11.5. The molecule has 1 heterocycles. The molecule has 5 heteroatoms. The second-order valence-corrected chi connectivity index (χ2v) is 3.92. The van der Waals surface area contributed by atoms with Crippen LogP contribution in [-0.2, 0) is 0 Å². The van der Waals surface area contributed by atoms with Gasteiger partial charge in [0.25, 0.3) is 0 Å². The quantitative estimate of drug-likeness (QED) is 0.778. The Morgan fingerprint density at radius 2 is 1.94 bits per heavy atom. The minimum Gasteiger partial charge on any atom is -0.381 e. The molecule has 16 heavy (non-hydrogen) atoms. The molecule has 2 N–H and O–H groups in total. The summed E-state index contributed by atoms with van der Waals surface area (Å²) < 4.78 is 38.7. The van der Waals surface area contributed by atoms with Crippen LogP contribution in [0, 0.1) is 17.5 Å². The first-order valence-corrected chi connectivity index (χ1v) is 5.28. The number of hydrogen-bond acceptors (Lipinski definition) is 2. The van der Waals surface area contributed by atoms with E-state index in [0.717, 1.165) is 25.5 Å². The van der Waals surface area contributed by atoms with Gasteiger partial charge >= 0.3 is 0 Å². The zero-order valence-electron chi connectivity index (χ0n) is 8.69. The van der Waals surface area contributed by atoms with Crippen molar-refractivity contribution in [2.75, 3.05) is 18.4 Å². The van der Waals surface area contributed by atoms with Crippen LogP contribution in [0.15, 0.2) is 12.1 Å². The fourth-order valence-corrected chi connectivity index (χ4v) is 1.82. The van der Waals surface area contributed by atoms with Gasteiger partial charge in [-0.1, -0.05) is 0 Å². The molecule has 1 aromatic rings.